The van der Waals surface area contributed by atoms with Gasteiger partial charge < -0.3 is 0 Å². The molecular formula is C47H31N9Si. The summed E-state index contributed by atoms with van der Waals surface area (Å²) in [6, 6.07) is 65.5. The van der Waals surface area contributed by atoms with E-state index in [0.717, 1.165) is 71.2 Å². The van der Waals surface area contributed by atoms with Crippen molar-refractivity contribution in [1.82, 2.24) is 42.9 Å². The van der Waals surface area contributed by atoms with Crippen LogP contribution in [0.3, 0.4) is 0 Å². The molecule has 0 aliphatic heterocycles. The quantitative estimate of drug-likeness (QED) is 0.139. The third-order valence-corrected chi connectivity index (χ3v) is 15.7. The van der Waals surface area contributed by atoms with Crippen molar-refractivity contribution < 1.29 is 0 Å². The highest BCUT2D eigenvalue weighted by atomic mass is 28.3. The lowest BCUT2D eigenvalue weighted by molar-refractivity contribution is 0.887. The number of para-hydroxylation sites is 8. The zero-order chi connectivity index (χ0) is 37.5. The molecule has 0 unspecified atom stereocenters. The van der Waals surface area contributed by atoms with Gasteiger partial charge in [-0.2, -0.15) is 4.98 Å². The average molecular weight is 750 g/mol. The van der Waals surface area contributed by atoms with Crippen LogP contribution in [0.2, 0.25) is 0 Å². The molecule has 12 rings (SSSR count). The predicted molar refractivity (Wildman–Crippen MR) is 230 cm³/mol. The summed E-state index contributed by atoms with van der Waals surface area (Å²) in [6.45, 7) is 0. The van der Waals surface area contributed by atoms with Gasteiger partial charge >= 0.3 is 0 Å². The first-order valence-electron chi connectivity index (χ1n) is 19.0. The van der Waals surface area contributed by atoms with E-state index in [-0.39, 0.29) is 0 Å². The number of imidazole rings is 4. The average Bonchev–Trinajstić information content (AvgIpc) is 4.01. The van der Waals surface area contributed by atoms with Crippen molar-refractivity contribution in [3.05, 3.63) is 188 Å². The van der Waals surface area contributed by atoms with Gasteiger partial charge in [0.15, 0.2) is 0 Å². The number of aromatic nitrogens is 9. The first-order chi connectivity index (χ1) is 28.3. The Morgan fingerprint density at radius 2 is 0.632 bits per heavy atom. The van der Waals surface area contributed by atoms with Gasteiger partial charge in [-0.1, -0.05) is 140 Å². The second-order valence-electron chi connectivity index (χ2n) is 14.2. The number of nitrogens with zero attached hydrogens (tertiary/aromatic N) is 9. The van der Waals surface area contributed by atoms with E-state index in [2.05, 4.69) is 194 Å². The smallest absolute Gasteiger partial charge is 0.241 e. The first-order valence-corrected chi connectivity index (χ1v) is 21.0. The van der Waals surface area contributed by atoms with Crippen molar-refractivity contribution in [2.24, 2.45) is 0 Å². The van der Waals surface area contributed by atoms with E-state index in [9.17, 15) is 0 Å². The van der Waals surface area contributed by atoms with Gasteiger partial charge in [-0.15, -0.1) is 0 Å². The molecule has 0 radical (unpaired) electrons. The molecule has 0 saturated carbocycles. The molecule has 57 heavy (non-hydrogen) atoms. The minimum Gasteiger partial charge on any atom is -0.276 e. The number of rotatable bonds is 6. The molecule has 0 aliphatic rings. The molecule has 12 aromatic rings. The number of hydrogen-bond acceptors (Lipinski definition) is 5. The van der Waals surface area contributed by atoms with Crippen LogP contribution in [0.5, 0.6) is 0 Å². The third-order valence-electron chi connectivity index (χ3n) is 11.2. The lowest BCUT2D eigenvalue weighted by atomic mass is 10.3. The Balaban J connectivity index is 1.29. The molecule has 9 nitrogen and oxygen atoms in total. The molecule has 7 aromatic carbocycles. The molecule has 0 N–H and O–H groups in total. The Morgan fingerprint density at radius 1 is 0.298 bits per heavy atom. The lowest BCUT2D eigenvalue weighted by Crippen LogP contribution is -2.76. The van der Waals surface area contributed by atoms with Crippen LogP contribution in [0.15, 0.2) is 188 Å². The van der Waals surface area contributed by atoms with Gasteiger partial charge in [0.25, 0.3) is 0 Å². The Hall–Kier alpha value is -7.69. The van der Waals surface area contributed by atoms with Gasteiger partial charge in [0.2, 0.25) is 31.5 Å². The first kappa shape index (κ1) is 31.6. The summed E-state index contributed by atoms with van der Waals surface area (Å²) < 4.78 is 8.59. The molecule has 0 fully saturated rings. The summed E-state index contributed by atoms with van der Waals surface area (Å²) in [5.41, 5.74) is 8.41. The molecular weight excluding hydrogens is 719 g/mol. The maximum absolute atomic E-state index is 5.67. The molecule has 0 bridgehead atoms. The molecule has 5 aromatic heterocycles. The lowest BCUT2D eigenvalue weighted by Gasteiger charge is -2.32. The number of fused-ring (bicyclic) bond motifs is 10. The molecule has 268 valence electrons. The fourth-order valence-corrected chi connectivity index (χ4v) is 13.2. The molecule has 10 heteroatoms. The fraction of sp³-hybridized carbons (Fsp3) is 0. The van der Waals surface area contributed by atoms with Crippen LogP contribution in [0.25, 0.3) is 67.6 Å². The number of benzene rings is 7. The van der Waals surface area contributed by atoms with E-state index < -0.39 is 8.07 Å². The second kappa shape index (κ2) is 12.2. The van der Waals surface area contributed by atoms with E-state index >= 15 is 0 Å². The summed E-state index contributed by atoms with van der Waals surface area (Å²) in [6.07, 6.45) is 0. The van der Waals surface area contributed by atoms with Crippen LogP contribution in [0.4, 0.5) is 0 Å². The Labute approximate surface area is 326 Å². The summed E-state index contributed by atoms with van der Waals surface area (Å²) in [4.78, 5) is 27.3. The third kappa shape index (κ3) is 4.47. The highest BCUT2D eigenvalue weighted by Crippen LogP contribution is 2.31. The van der Waals surface area contributed by atoms with Crippen LogP contribution >= 0.6 is 0 Å². The molecule has 0 spiro atoms. The maximum atomic E-state index is 5.67. The molecule has 0 saturated heterocycles. The van der Waals surface area contributed by atoms with Crippen molar-refractivity contribution in [2.75, 3.05) is 0 Å². The monoisotopic (exact) mass is 749 g/mol. The van der Waals surface area contributed by atoms with E-state index in [1.807, 2.05) is 12.1 Å². The summed E-state index contributed by atoms with van der Waals surface area (Å²) >= 11 is 0. The summed E-state index contributed by atoms with van der Waals surface area (Å²) in [5, 5.41) is 3.48. The molecule has 0 atom stereocenters. The second-order valence-corrected chi connectivity index (χ2v) is 17.9. The van der Waals surface area contributed by atoms with E-state index in [0.29, 0.717) is 17.3 Å². The molecule has 5 heterocycles. The molecule has 0 amide bonds. The fourth-order valence-electron chi connectivity index (χ4n) is 8.77. The topological polar surface area (TPSA) is 83.1 Å². The molecule has 0 aliphatic carbocycles. The normalized spacial score (nSPS) is 12.2. The van der Waals surface area contributed by atoms with Gasteiger partial charge in [-0.05, 0) is 64.1 Å². The zero-order valence-electron chi connectivity index (χ0n) is 30.4. The Morgan fingerprint density at radius 3 is 1.04 bits per heavy atom. The van der Waals surface area contributed by atoms with Crippen LogP contribution in [-0.4, -0.2) is 50.9 Å². The minimum absolute atomic E-state index is 0.475. The van der Waals surface area contributed by atoms with Crippen molar-refractivity contribution >= 4 is 84.8 Å². The largest absolute Gasteiger partial charge is 0.276 e. The number of hydrogen-bond donors (Lipinski definition) is 0. The van der Waals surface area contributed by atoms with Crippen molar-refractivity contribution in [3.8, 4) is 11.9 Å². The minimum atomic E-state index is -3.26. The van der Waals surface area contributed by atoms with Gasteiger partial charge in [0.1, 0.15) is 5.45 Å². The summed E-state index contributed by atoms with van der Waals surface area (Å²) in [5.74, 6) is 2.40. The van der Waals surface area contributed by atoms with Gasteiger partial charge in [0, 0.05) is 0 Å². The van der Waals surface area contributed by atoms with Gasteiger partial charge in [0.05, 0.1) is 44.1 Å². The van der Waals surface area contributed by atoms with Crippen molar-refractivity contribution in [1.29, 1.82) is 0 Å². The van der Waals surface area contributed by atoms with Gasteiger partial charge in [-0.3, -0.25) is 8.80 Å². The standard InChI is InChI=1S/C47H31N9Si/c1-4-18-32(19-5-1)57(33-20-6-2-7-21-33,34-22-8-3-9-23-34)45-51-43(55-41-30-16-14-28-39(41)53-37-26-12-10-24-35(37)48-46(53)55)50-44(52-45)56-42-31-17-15-29-40(42)54-38-27-13-11-25-36(38)49-47(54)56/h1-31H. The maximum Gasteiger partial charge on any atom is 0.241 e. The van der Waals surface area contributed by atoms with Crippen LogP contribution in [0, 0.1) is 0 Å². The van der Waals surface area contributed by atoms with Gasteiger partial charge in [-0.25, -0.2) is 29.1 Å². The Kier molecular flexibility index (Phi) is 6.75. The predicted octanol–water partition coefficient (Wildman–Crippen LogP) is 6.74. The van der Waals surface area contributed by atoms with E-state index in [4.69, 9.17) is 24.9 Å². The zero-order valence-corrected chi connectivity index (χ0v) is 31.4. The van der Waals surface area contributed by atoms with E-state index in [1.54, 1.807) is 0 Å². The Bertz CT molecular complexity index is 3210. The van der Waals surface area contributed by atoms with Crippen molar-refractivity contribution in [3.63, 3.8) is 0 Å². The van der Waals surface area contributed by atoms with Crippen LogP contribution in [0.1, 0.15) is 0 Å². The SMILES string of the molecule is c1ccc([Si](c2ccccc2)(c2ccccc2)c2nc(-n3c4ccccc4n4c5ccccc5nc34)nc(-n3c4ccccc4n4c5ccccc5nc34)n2)cc1. The van der Waals surface area contributed by atoms with Crippen LogP contribution in [-0.2, 0) is 0 Å². The highest BCUT2D eigenvalue weighted by Gasteiger charge is 2.45. The highest BCUT2D eigenvalue weighted by molar-refractivity contribution is 7.19. The summed E-state index contributed by atoms with van der Waals surface area (Å²) in [7, 11) is -3.26. The van der Waals surface area contributed by atoms with Crippen LogP contribution < -0.4 is 21.0 Å². The van der Waals surface area contributed by atoms with E-state index in [1.165, 1.54) is 0 Å². The van der Waals surface area contributed by atoms with Crippen molar-refractivity contribution in [2.45, 2.75) is 0 Å².